The average Bonchev–Trinajstić information content (AvgIpc) is 2.76. The van der Waals surface area contributed by atoms with Gasteiger partial charge in [0.15, 0.2) is 5.75 Å². The van der Waals surface area contributed by atoms with E-state index in [2.05, 4.69) is 20.7 Å². The summed E-state index contributed by atoms with van der Waals surface area (Å²) < 4.78 is 53.7. The second kappa shape index (κ2) is 8.26. The number of ether oxygens (including phenoxy) is 2. The van der Waals surface area contributed by atoms with Crippen LogP contribution >= 0.6 is 15.9 Å². The molecule has 7 nitrogen and oxygen atoms in total. The van der Waals surface area contributed by atoms with Gasteiger partial charge in [-0.25, -0.2) is 17.6 Å². The van der Waals surface area contributed by atoms with Crippen LogP contribution in [0.25, 0.3) is 11.1 Å². The van der Waals surface area contributed by atoms with Crippen LogP contribution in [0.2, 0.25) is 0 Å². The number of carbonyl (C=O) groups excluding carboxylic acids is 1. The molecular weight excluding hydrogens is 503 g/mol. The first-order valence-corrected chi connectivity index (χ1v) is 11.4. The van der Waals surface area contributed by atoms with E-state index in [9.17, 15) is 22.9 Å². The van der Waals surface area contributed by atoms with E-state index >= 15 is 0 Å². The van der Waals surface area contributed by atoms with E-state index in [0.29, 0.717) is 16.7 Å². The van der Waals surface area contributed by atoms with Crippen molar-refractivity contribution in [2.24, 2.45) is 0 Å². The summed E-state index contributed by atoms with van der Waals surface area (Å²) in [6.07, 6.45) is 0. The molecule has 0 spiro atoms. The van der Waals surface area contributed by atoms with Crippen LogP contribution in [0.4, 0.5) is 10.1 Å². The Hall–Kier alpha value is -3.42. The van der Waals surface area contributed by atoms with Crippen LogP contribution in [-0.2, 0) is 21.4 Å². The normalized spacial score (nSPS) is 14.4. The molecule has 0 radical (unpaired) electrons. The van der Waals surface area contributed by atoms with Gasteiger partial charge in [0, 0.05) is 0 Å². The molecule has 1 heterocycles. The third-order valence-corrected chi connectivity index (χ3v) is 6.82. The number of methoxy groups -OCH3 is 1. The summed E-state index contributed by atoms with van der Waals surface area (Å²) in [6, 6.07) is 12.8. The summed E-state index contributed by atoms with van der Waals surface area (Å²) in [6.45, 7) is -0.178. The first kappa shape index (κ1) is 21.8. The van der Waals surface area contributed by atoms with E-state index < -0.39 is 21.8 Å². The lowest BCUT2D eigenvalue weighted by Crippen LogP contribution is -2.16. The molecule has 4 bridgehead atoms. The largest absolute Gasteiger partial charge is 0.494 e. The molecule has 0 amide bonds. The number of nitrogens with one attached hydrogen (secondary N) is 1. The molecule has 0 fully saturated rings. The molecule has 0 atom stereocenters. The van der Waals surface area contributed by atoms with E-state index in [-0.39, 0.29) is 38.5 Å². The van der Waals surface area contributed by atoms with Crippen molar-refractivity contribution in [3.63, 3.8) is 0 Å². The van der Waals surface area contributed by atoms with Gasteiger partial charge in [-0.15, -0.1) is 0 Å². The van der Waals surface area contributed by atoms with E-state index in [0.717, 1.165) is 6.07 Å². The number of hydrogen-bond donors (Lipinski definition) is 1. The summed E-state index contributed by atoms with van der Waals surface area (Å²) >= 11 is 3.23. The van der Waals surface area contributed by atoms with E-state index in [1.165, 1.54) is 43.5 Å². The average molecular weight is 517 g/mol. The minimum Gasteiger partial charge on any atom is -0.494 e. The van der Waals surface area contributed by atoms with Gasteiger partial charge in [-0.3, -0.25) is 4.72 Å². The third kappa shape index (κ3) is 3.92. The lowest BCUT2D eigenvalue weighted by atomic mass is 9.98. The van der Waals surface area contributed by atoms with Crippen LogP contribution < -0.4 is 9.46 Å². The van der Waals surface area contributed by atoms with E-state index in [4.69, 9.17) is 9.47 Å². The van der Waals surface area contributed by atoms with Gasteiger partial charge < -0.3 is 9.47 Å². The highest BCUT2D eigenvalue weighted by atomic mass is 79.9. The number of carbonyl (C=O) groups is 1. The Balaban J connectivity index is 2.02. The third-order valence-electron chi connectivity index (χ3n) is 4.86. The standard InChI is InChI=1S/C22H14BrFN2O5S/c1-30-21-18(23)6-15-8-20(21)32(28,29)26-19-7-12(2-3-13(19)10-25)17-9-16(24)5-4-14(17)11-31-22(15)27/h2-9,26H,11H2,1H3. The monoisotopic (exact) mass is 516 g/mol. The molecule has 10 heteroatoms. The lowest BCUT2D eigenvalue weighted by Gasteiger charge is -2.15. The first-order valence-electron chi connectivity index (χ1n) is 9.14. The summed E-state index contributed by atoms with van der Waals surface area (Å²) in [5.74, 6) is -1.32. The Morgan fingerprint density at radius 3 is 2.66 bits per heavy atom. The number of cyclic esters (lactones) is 1. The topological polar surface area (TPSA) is 105 Å². The molecule has 0 aliphatic carbocycles. The number of hydrogen-bond acceptors (Lipinski definition) is 6. The fourth-order valence-electron chi connectivity index (χ4n) is 3.35. The van der Waals surface area contributed by atoms with Gasteiger partial charge in [0.2, 0.25) is 0 Å². The zero-order chi connectivity index (χ0) is 23.0. The Morgan fingerprint density at radius 2 is 1.94 bits per heavy atom. The highest BCUT2D eigenvalue weighted by Crippen LogP contribution is 2.37. The molecule has 4 rings (SSSR count). The van der Waals surface area contributed by atoms with Crippen LogP contribution in [-0.4, -0.2) is 21.5 Å². The highest BCUT2D eigenvalue weighted by Gasteiger charge is 2.27. The number of sulfonamides is 1. The van der Waals surface area contributed by atoms with Gasteiger partial charge in [0.1, 0.15) is 23.4 Å². The Labute approximate surface area is 191 Å². The fraction of sp³-hybridized carbons (Fsp3) is 0.0909. The van der Waals surface area contributed by atoms with Gasteiger partial charge in [0.25, 0.3) is 10.0 Å². The van der Waals surface area contributed by atoms with Crippen LogP contribution in [0.1, 0.15) is 21.5 Å². The van der Waals surface area contributed by atoms with Gasteiger partial charge in [0.05, 0.1) is 28.4 Å². The van der Waals surface area contributed by atoms with Crippen molar-refractivity contribution in [3.05, 3.63) is 75.5 Å². The predicted octanol–water partition coefficient (Wildman–Crippen LogP) is 4.61. The minimum absolute atomic E-state index is 0.00437. The molecular formula is C22H14BrFN2O5S. The number of anilines is 1. The molecule has 1 aliphatic rings. The maximum Gasteiger partial charge on any atom is 0.338 e. The number of nitriles is 1. The fourth-order valence-corrected chi connectivity index (χ4v) is 5.39. The molecule has 0 aromatic heterocycles. The van der Waals surface area contributed by atoms with Crippen molar-refractivity contribution in [1.29, 1.82) is 5.26 Å². The Kier molecular flexibility index (Phi) is 5.62. The number of fused-ring (bicyclic) bond motifs is 6. The van der Waals surface area contributed by atoms with Crippen molar-refractivity contribution in [2.45, 2.75) is 11.5 Å². The van der Waals surface area contributed by atoms with Gasteiger partial charge in [-0.1, -0.05) is 12.1 Å². The van der Waals surface area contributed by atoms with Gasteiger partial charge in [-0.2, -0.15) is 5.26 Å². The molecule has 3 aromatic rings. The molecule has 1 aliphatic heterocycles. The molecule has 0 saturated heterocycles. The SMILES string of the molecule is COc1c(Br)cc2cc1S(=O)(=O)Nc1cc(ccc1C#N)-c1cc(F)ccc1COC2=O. The van der Waals surface area contributed by atoms with Crippen molar-refractivity contribution in [1.82, 2.24) is 0 Å². The summed E-state index contributed by atoms with van der Waals surface area (Å²) in [5, 5.41) is 9.48. The van der Waals surface area contributed by atoms with Crippen molar-refractivity contribution in [2.75, 3.05) is 11.8 Å². The number of benzene rings is 3. The van der Waals surface area contributed by atoms with Gasteiger partial charge >= 0.3 is 5.97 Å². The maximum absolute atomic E-state index is 14.0. The zero-order valence-electron chi connectivity index (χ0n) is 16.5. The van der Waals surface area contributed by atoms with Crippen molar-refractivity contribution in [3.8, 4) is 22.9 Å². The molecule has 0 unspecified atom stereocenters. The molecule has 162 valence electrons. The summed E-state index contributed by atoms with van der Waals surface area (Å²) in [7, 11) is -3.01. The number of nitrogens with zero attached hydrogens (tertiary/aromatic N) is 1. The second-order valence-electron chi connectivity index (χ2n) is 6.84. The number of rotatable bonds is 1. The lowest BCUT2D eigenvalue weighted by molar-refractivity contribution is 0.0473. The Bertz CT molecular complexity index is 1420. The smallest absolute Gasteiger partial charge is 0.338 e. The number of halogens is 2. The van der Waals surface area contributed by atoms with Crippen LogP contribution in [0.3, 0.4) is 0 Å². The molecule has 1 N–H and O–H groups in total. The zero-order valence-corrected chi connectivity index (χ0v) is 18.9. The molecule has 3 aromatic carbocycles. The maximum atomic E-state index is 14.0. The Morgan fingerprint density at radius 1 is 1.16 bits per heavy atom. The van der Waals surface area contributed by atoms with Crippen molar-refractivity contribution >= 4 is 37.6 Å². The predicted molar refractivity (Wildman–Crippen MR) is 117 cm³/mol. The van der Waals surface area contributed by atoms with Crippen LogP contribution in [0.5, 0.6) is 5.75 Å². The van der Waals surface area contributed by atoms with E-state index in [1.807, 2.05) is 6.07 Å². The van der Waals surface area contributed by atoms with Crippen LogP contribution in [0, 0.1) is 17.1 Å². The first-order chi connectivity index (χ1) is 15.2. The van der Waals surface area contributed by atoms with Gasteiger partial charge in [-0.05, 0) is 69.0 Å². The quantitative estimate of drug-likeness (QED) is 0.473. The van der Waals surface area contributed by atoms with Crippen molar-refractivity contribution < 1.29 is 27.1 Å². The summed E-state index contributed by atoms with van der Waals surface area (Å²) in [4.78, 5) is 12.4. The molecule has 0 saturated carbocycles. The van der Waals surface area contributed by atoms with E-state index in [1.54, 1.807) is 6.07 Å². The summed E-state index contributed by atoms with van der Waals surface area (Å²) in [5.41, 5.74) is 1.36. The molecule has 32 heavy (non-hydrogen) atoms. The minimum atomic E-state index is -4.30. The second-order valence-corrected chi connectivity index (χ2v) is 9.35. The number of esters is 1. The van der Waals surface area contributed by atoms with Crippen LogP contribution in [0.15, 0.2) is 57.9 Å². The highest BCUT2D eigenvalue weighted by molar-refractivity contribution is 9.10.